The summed E-state index contributed by atoms with van der Waals surface area (Å²) in [5, 5.41) is 9.14. The van der Waals surface area contributed by atoms with Gasteiger partial charge in [-0.05, 0) is 32.5 Å². The highest BCUT2D eigenvalue weighted by Crippen LogP contribution is 2.19. The summed E-state index contributed by atoms with van der Waals surface area (Å²) in [6.45, 7) is 1.70. The van der Waals surface area contributed by atoms with Crippen LogP contribution < -0.4 is 4.74 Å². The maximum absolute atomic E-state index is 8.85. The molecule has 1 aromatic heterocycles. The molecule has 5 heteroatoms. The molecule has 2 heterocycles. The van der Waals surface area contributed by atoms with Gasteiger partial charge in [-0.25, -0.2) is 4.98 Å². The largest absolute Gasteiger partial charge is 0.476 e. The van der Waals surface area contributed by atoms with E-state index in [1.807, 2.05) is 6.07 Å². The van der Waals surface area contributed by atoms with E-state index in [0.717, 1.165) is 13.0 Å². The summed E-state index contributed by atoms with van der Waals surface area (Å²) < 4.78 is 5.65. The van der Waals surface area contributed by atoms with Crippen molar-refractivity contribution in [2.75, 3.05) is 20.2 Å². The Morgan fingerprint density at radius 2 is 2.39 bits per heavy atom. The molecule has 1 aliphatic heterocycles. The van der Waals surface area contributed by atoms with Crippen LogP contribution in [0.1, 0.15) is 24.8 Å². The number of pyridine rings is 1. The second kappa shape index (κ2) is 6.03. The summed E-state index contributed by atoms with van der Waals surface area (Å²) in [6, 6.07) is 5.61. The van der Waals surface area contributed by atoms with Crippen LogP contribution in [0.2, 0.25) is 5.15 Å². The third kappa shape index (κ3) is 3.34. The maximum atomic E-state index is 8.85. The molecule has 96 valence electrons. The second-order valence-corrected chi connectivity index (χ2v) is 4.96. The van der Waals surface area contributed by atoms with Gasteiger partial charge in [0.25, 0.3) is 0 Å². The number of rotatable bonds is 3. The van der Waals surface area contributed by atoms with Gasteiger partial charge < -0.3 is 9.64 Å². The van der Waals surface area contributed by atoms with Gasteiger partial charge in [0.15, 0.2) is 0 Å². The van der Waals surface area contributed by atoms with E-state index < -0.39 is 0 Å². The minimum absolute atomic E-state index is 0.293. The van der Waals surface area contributed by atoms with E-state index in [2.05, 4.69) is 16.9 Å². The molecular weight excluding hydrogens is 250 g/mol. The number of ether oxygens (including phenoxy) is 1. The van der Waals surface area contributed by atoms with Gasteiger partial charge in [-0.3, -0.25) is 0 Å². The molecule has 0 N–H and O–H groups in total. The van der Waals surface area contributed by atoms with E-state index in [1.165, 1.54) is 18.9 Å². The number of likely N-dealkylation sites (N-methyl/N-ethyl adjacent to an activating group) is 1. The zero-order valence-corrected chi connectivity index (χ0v) is 11.2. The number of nitriles is 1. The molecule has 1 fully saturated rings. The van der Waals surface area contributed by atoms with E-state index in [9.17, 15) is 0 Å². The summed E-state index contributed by atoms with van der Waals surface area (Å²) in [5.74, 6) is 0.429. The molecule has 0 saturated carbocycles. The fraction of sp³-hybridized carbons (Fsp3) is 0.538. The molecule has 1 aromatic rings. The van der Waals surface area contributed by atoms with Crippen LogP contribution in [0.5, 0.6) is 5.88 Å². The number of likely N-dealkylation sites (tertiary alicyclic amines) is 1. The van der Waals surface area contributed by atoms with Gasteiger partial charge in [0, 0.05) is 12.1 Å². The van der Waals surface area contributed by atoms with E-state index in [-0.39, 0.29) is 0 Å². The Morgan fingerprint density at radius 1 is 1.56 bits per heavy atom. The van der Waals surface area contributed by atoms with E-state index in [4.69, 9.17) is 21.6 Å². The molecule has 2 rings (SSSR count). The summed E-state index contributed by atoms with van der Waals surface area (Å²) in [4.78, 5) is 6.37. The van der Waals surface area contributed by atoms with Crippen molar-refractivity contribution in [2.24, 2.45) is 0 Å². The number of hydrogen-bond donors (Lipinski definition) is 0. The lowest BCUT2D eigenvalue weighted by molar-refractivity contribution is 0.122. The number of hydrogen-bond acceptors (Lipinski definition) is 4. The number of nitrogens with zero attached hydrogens (tertiary/aromatic N) is 3. The minimum atomic E-state index is 0.293. The SMILES string of the molecule is CN1CCCCC1COc1cc(C#N)cc(Cl)n1. The summed E-state index contributed by atoms with van der Waals surface area (Å²) in [7, 11) is 2.11. The van der Waals surface area contributed by atoms with Gasteiger partial charge in [0.2, 0.25) is 5.88 Å². The quantitative estimate of drug-likeness (QED) is 0.788. The normalized spacial score (nSPS) is 20.4. The first-order chi connectivity index (χ1) is 8.69. The molecule has 1 aliphatic rings. The molecule has 0 bridgehead atoms. The van der Waals surface area contributed by atoms with Gasteiger partial charge in [0.05, 0.1) is 11.6 Å². The highest BCUT2D eigenvalue weighted by molar-refractivity contribution is 6.29. The highest BCUT2D eigenvalue weighted by atomic mass is 35.5. The van der Waals surface area contributed by atoms with Crippen molar-refractivity contribution >= 4 is 11.6 Å². The lowest BCUT2D eigenvalue weighted by atomic mass is 10.0. The van der Waals surface area contributed by atoms with Crippen LogP contribution in [0.15, 0.2) is 12.1 Å². The Hall–Kier alpha value is -1.31. The smallest absolute Gasteiger partial charge is 0.216 e. The fourth-order valence-electron chi connectivity index (χ4n) is 2.15. The van der Waals surface area contributed by atoms with Crippen LogP contribution in [0.3, 0.4) is 0 Å². The average molecular weight is 266 g/mol. The van der Waals surface area contributed by atoms with Crippen molar-refractivity contribution in [2.45, 2.75) is 25.3 Å². The minimum Gasteiger partial charge on any atom is -0.476 e. The maximum Gasteiger partial charge on any atom is 0.216 e. The Morgan fingerprint density at radius 3 is 3.11 bits per heavy atom. The zero-order valence-electron chi connectivity index (χ0n) is 10.4. The van der Waals surface area contributed by atoms with Gasteiger partial charge in [-0.1, -0.05) is 18.0 Å². The standard InChI is InChI=1S/C13H16ClN3O/c1-17-5-3-2-4-11(17)9-18-13-7-10(8-15)6-12(14)16-13/h6-7,11H,2-5,9H2,1H3. The van der Waals surface area contributed by atoms with Gasteiger partial charge >= 0.3 is 0 Å². The van der Waals surface area contributed by atoms with Gasteiger partial charge in [-0.2, -0.15) is 5.26 Å². The summed E-state index contributed by atoms with van der Waals surface area (Å²) in [5.41, 5.74) is 0.474. The van der Waals surface area contributed by atoms with Crippen molar-refractivity contribution in [3.63, 3.8) is 0 Å². The molecule has 0 spiro atoms. The fourth-order valence-corrected chi connectivity index (χ4v) is 2.35. The molecular formula is C13H16ClN3O. The van der Waals surface area contributed by atoms with E-state index in [0.29, 0.717) is 29.2 Å². The van der Waals surface area contributed by atoms with Crippen LogP contribution >= 0.6 is 11.6 Å². The Kier molecular flexibility index (Phi) is 4.40. The molecule has 4 nitrogen and oxygen atoms in total. The predicted octanol–water partition coefficient (Wildman–Crippen LogP) is 2.47. The number of aromatic nitrogens is 1. The van der Waals surface area contributed by atoms with Crippen molar-refractivity contribution in [3.8, 4) is 11.9 Å². The summed E-state index contributed by atoms with van der Waals surface area (Å²) in [6.07, 6.45) is 3.63. The Labute approximate surface area is 112 Å². The molecule has 0 aromatic carbocycles. The van der Waals surface area contributed by atoms with Crippen LogP contribution in [0.4, 0.5) is 0 Å². The third-order valence-electron chi connectivity index (χ3n) is 3.24. The molecule has 0 radical (unpaired) electrons. The van der Waals surface area contributed by atoms with Crippen LogP contribution in [0, 0.1) is 11.3 Å². The van der Waals surface area contributed by atoms with Crippen molar-refractivity contribution in [1.82, 2.24) is 9.88 Å². The molecule has 0 aliphatic carbocycles. The molecule has 0 amide bonds. The van der Waals surface area contributed by atoms with Crippen molar-refractivity contribution < 1.29 is 4.74 Å². The first-order valence-corrected chi connectivity index (χ1v) is 6.47. The van der Waals surface area contributed by atoms with Crippen LogP contribution in [0.25, 0.3) is 0 Å². The monoisotopic (exact) mass is 265 g/mol. The van der Waals surface area contributed by atoms with Gasteiger partial charge in [-0.15, -0.1) is 0 Å². The van der Waals surface area contributed by atoms with Crippen LogP contribution in [-0.2, 0) is 0 Å². The van der Waals surface area contributed by atoms with Gasteiger partial charge in [0.1, 0.15) is 11.8 Å². The first-order valence-electron chi connectivity index (χ1n) is 6.10. The van der Waals surface area contributed by atoms with E-state index >= 15 is 0 Å². The number of piperidine rings is 1. The topological polar surface area (TPSA) is 49.1 Å². The molecule has 18 heavy (non-hydrogen) atoms. The third-order valence-corrected chi connectivity index (χ3v) is 3.44. The van der Waals surface area contributed by atoms with Crippen molar-refractivity contribution in [3.05, 3.63) is 22.8 Å². The molecule has 1 unspecified atom stereocenters. The Bertz CT molecular complexity index is 458. The first kappa shape index (κ1) is 13.1. The summed E-state index contributed by atoms with van der Waals surface area (Å²) >= 11 is 5.83. The highest BCUT2D eigenvalue weighted by Gasteiger charge is 2.19. The van der Waals surface area contributed by atoms with Crippen LogP contribution in [-0.4, -0.2) is 36.1 Å². The molecule has 1 saturated heterocycles. The zero-order chi connectivity index (χ0) is 13.0. The number of halogens is 1. The predicted molar refractivity (Wildman–Crippen MR) is 69.7 cm³/mol. The second-order valence-electron chi connectivity index (χ2n) is 4.57. The van der Waals surface area contributed by atoms with E-state index in [1.54, 1.807) is 6.07 Å². The molecule has 1 atom stereocenters. The average Bonchev–Trinajstić information content (AvgIpc) is 2.37. The Balaban J connectivity index is 1.97. The lowest BCUT2D eigenvalue weighted by Gasteiger charge is -2.31. The van der Waals surface area contributed by atoms with Crippen molar-refractivity contribution in [1.29, 1.82) is 5.26 Å². The lowest BCUT2D eigenvalue weighted by Crippen LogP contribution is -2.40.